The zero-order valence-electron chi connectivity index (χ0n) is 13.5. The van der Waals surface area contributed by atoms with Gasteiger partial charge in [-0.3, -0.25) is 4.79 Å². The van der Waals surface area contributed by atoms with Crippen LogP contribution in [0.25, 0.3) is 0 Å². The molecule has 118 valence electrons. The number of hydrogen-bond donors (Lipinski definition) is 1. The molecule has 0 aromatic carbocycles. The van der Waals surface area contributed by atoms with Crippen molar-refractivity contribution >= 4 is 5.91 Å². The summed E-state index contributed by atoms with van der Waals surface area (Å²) in [6.45, 7) is 7.95. The summed E-state index contributed by atoms with van der Waals surface area (Å²) in [5.41, 5.74) is 2.17. The molecule has 0 radical (unpaired) electrons. The Hall–Kier alpha value is -1.40. The number of imidazole rings is 1. The largest absolute Gasteiger partial charge is 0.383 e. The van der Waals surface area contributed by atoms with E-state index in [1.165, 1.54) is 0 Å². The molecule has 1 aliphatic rings. The molecule has 1 atom stereocenters. The number of carbonyl (C=O) groups excluding carboxylic acids is 1. The van der Waals surface area contributed by atoms with E-state index in [0.29, 0.717) is 6.54 Å². The summed E-state index contributed by atoms with van der Waals surface area (Å²) in [6.07, 6.45) is 0.925. The molecule has 2 heterocycles. The van der Waals surface area contributed by atoms with Crippen LogP contribution >= 0.6 is 0 Å². The Morgan fingerprint density at radius 1 is 1.48 bits per heavy atom. The van der Waals surface area contributed by atoms with Crippen LogP contribution in [0.5, 0.6) is 0 Å². The second-order valence-corrected chi connectivity index (χ2v) is 5.75. The Morgan fingerprint density at radius 2 is 2.24 bits per heavy atom. The van der Waals surface area contributed by atoms with E-state index in [0.717, 1.165) is 49.9 Å². The van der Waals surface area contributed by atoms with Crippen molar-refractivity contribution in [1.82, 2.24) is 19.8 Å². The molecule has 21 heavy (non-hydrogen) atoms. The Balaban J connectivity index is 1.81. The maximum atomic E-state index is 12.2. The summed E-state index contributed by atoms with van der Waals surface area (Å²) in [4.78, 5) is 19.0. The van der Waals surface area contributed by atoms with Crippen molar-refractivity contribution in [3.8, 4) is 0 Å². The molecule has 0 saturated carbocycles. The number of likely N-dealkylation sites (tertiary alicyclic amines) is 1. The van der Waals surface area contributed by atoms with Crippen molar-refractivity contribution in [1.29, 1.82) is 0 Å². The van der Waals surface area contributed by atoms with Gasteiger partial charge in [-0.2, -0.15) is 0 Å². The lowest BCUT2D eigenvalue weighted by atomic mass is 10.1. The monoisotopic (exact) mass is 294 g/mol. The normalized spacial score (nSPS) is 19.1. The number of amides is 1. The van der Waals surface area contributed by atoms with Crippen LogP contribution in [0, 0.1) is 19.8 Å². The Labute approximate surface area is 126 Å². The smallest absolute Gasteiger partial charge is 0.224 e. The molecule has 1 amide bonds. The van der Waals surface area contributed by atoms with Crippen LogP contribution in [0.2, 0.25) is 0 Å². The number of methoxy groups -OCH3 is 1. The molecule has 1 N–H and O–H groups in total. The third-order valence-corrected chi connectivity index (χ3v) is 4.39. The summed E-state index contributed by atoms with van der Waals surface area (Å²) in [6, 6.07) is 0. The average Bonchev–Trinajstić information content (AvgIpc) is 3.04. The highest BCUT2D eigenvalue weighted by atomic mass is 16.5. The van der Waals surface area contributed by atoms with Crippen molar-refractivity contribution in [3.05, 3.63) is 17.2 Å². The first-order valence-electron chi connectivity index (χ1n) is 7.50. The van der Waals surface area contributed by atoms with Crippen LogP contribution in [0.15, 0.2) is 0 Å². The average molecular weight is 294 g/mol. The predicted octanol–water partition coefficient (Wildman–Crippen LogP) is 0.621. The number of nitrogens with one attached hydrogen (secondary N) is 1. The Kier molecular flexibility index (Phi) is 5.36. The maximum absolute atomic E-state index is 12.2. The molecule has 1 saturated heterocycles. The molecule has 1 fully saturated rings. The van der Waals surface area contributed by atoms with E-state index in [2.05, 4.69) is 15.2 Å². The predicted molar refractivity (Wildman–Crippen MR) is 81.0 cm³/mol. The Morgan fingerprint density at radius 3 is 2.86 bits per heavy atom. The SMILES string of the molecule is COCCN1CC[C@@H](C(=O)NCc2nc(C)c(C)n2C)C1. The number of aromatic nitrogens is 2. The molecule has 0 spiro atoms. The summed E-state index contributed by atoms with van der Waals surface area (Å²) < 4.78 is 7.12. The summed E-state index contributed by atoms with van der Waals surface area (Å²) in [5, 5.41) is 3.02. The fourth-order valence-electron chi connectivity index (χ4n) is 2.72. The van der Waals surface area contributed by atoms with E-state index < -0.39 is 0 Å². The topological polar surface area (TPSA) is 59.4 Å². The molecule has 1 aromatic heterocycles. The van der Waals surface area contributed by atoms with Gasteiger partial charge in [0.05, 0.1) is 24.8 Å². The van der Waals surface area contributed by atoms with Gasteiger partial charge in [0, 0.05) is 32.9 Å². The first kappa shape index (κ1) is 16.0. The number of rotatable bonds is 6. The van der Waals surface area contributed by atoms with Gasteiger partial charge in [0.2, 0.25) is 5.91 Å². The van der Waals surface area contributed by atoms with Crippen molar-refractivity contribution in [2.75, 3.05) is 33.4 Å². The molecular weight excluding hydrogens is 268 g/mol. The van der Waals surface area contributed by atoms with E-state index in [1.807, 2.05) is 25.5 Å². The molecule has 0 aliphatic carbocycles. The van der Waals surface area contributed by atoms with E-state index in [1.54, 1.807) is 7.11 Å². The second-order valence-electron chi connectivity index (χ2n) is 5.75. The van der Waals surface area contributed by atoms with Crippen LogP contribution in [-0.2, 0) is 23.1 Å². The van der Waals surface area contributed by atoms with Crippen molar-refractivity contribution in [2.45, 2.75) is 26.8 Å². The van der Waals surface area contributed by atoms with Gasteiger partial charge in [-0.25, -0.2) is 4.98 Å². The van der Waals surface area contributed by atoms with E-state index in [4.69, 9.17) is 4.74 Å². The first-order chi connectivity index (χ1) is 10.0. The standard InChI is InChI=1S/C15H26N4O2/c1-11-12(2)18(3)14(17-11)9-16-15(20)13-5-6-19(10-13)7-8-21-4/h13H,5-10H2,1-4H3,(H,16,20)/t13-/m1/s1. The number of carbonyl (C=O) groups is 1. The quantitative estimate of drug-likeness (QED) is 0.835. The van der Waals surface area contributed by atoms with Gasteiger partial charge in [0.15, 0.2) is 0 Å². The third-order valence-electron chi connectivity index (χ3n) is 4.39. The van der Waals surface area contributed by atoms with Gasteiger partial charge in [0.25, 0.3) is 0 Å². The minimum absolute atomic E-state index is 0.0873. The van der Waals surface area contributed by atoms with E-state index in [-0.39, 0.29) is 11.8 Å². The number of hydrogen-bond acceptors (Lipinski definition) is 4. The number of aryl methyl sites for hydroxylation is 1. The molecule has 0 bridgehead atoms. The maximum Gasteiger partial charge on any atom is 0.224 e. The summed E-state index contributed by atoms with van der Waals surface area (Å²) in [5.74, 6) is 1.13. The van der Waals surface area contributed by atoms with Gasteiger partial charge in [-0.1, -0.05) is 0 Å². The lowest BCUT2D eigenvalue weighted by Gasteiger charge is -2.15. The highest BCUT2D eigenvalue weighted by molar-refractivity contribution is 5.79. The molecule has 2 rings (SSSR count). The zero-order valence-corrected chi connectivity index (χ0v) is 13.5. The fraction of sp³-hybridized carbons (Fsp3) is 0.733. The lowest BCUT2D eigenvalue weighted by Crippen LogP contribution is -2.33. The minimum Gasteiger partial charge on any atom is -0.383 e. The van der Waals surface area contributed by atoms with Crippen molar-refractivity contribution in [2.24, 2.45) is 13.0 Å². The third kappa shape index (κ3) is 3.83. The molecular formula is C15H26N4O2. The molecule has 1 aliphatic heterocycles. The fourth-order valence-corrected chi connectivity index (χ4v) is 2.72. The van der Waals surface area contributed by atoms with E-state index in [9.17, 15) is 4.79 Å². The highest BCUT2D eigenvalue weighted by Crippen LogP contribution is 2.16. The van der Waals surface area contributed by atoms with Gasteiger partial charge >= 0.3 is 0 Å². The lowest BCUT2D eigenvalue weighted by molar-refractivity contribution is -0.124. The minimum atomic E-state index is 0.0873. The van der Waals surface area contributed by atoms with Crippen molar-refractivity contribution < 1.29 is 9.53 Å². The molecule has 6 heteroatoms. The summed E-state index contributed by atoms with van der Waals surface area (Å²) in [7, 11) is 3.69. The van der Waals surface area contributed by atoms with Gasteiger partial charge < -0.3 is 19.5 Å². The summed E-state index contributed by atoms with van der Waals surface area (Å²) >= 11 is 0. The van der Waals surface area contributed by atoms with Crippen LogP contribution in [-0.4, -0.2) is 53.7 Å². The molecule has 6 nitrogen and oxygen atoms in total. The van der Waals surface area contributed by atoms with E-state index >= 15 is 0 Å². The van der Waals surface area contributed by atoms with Crippen LogP contribution in [0.3, 0.4) is 0 Å². The number of ether oxygens (including phenoxy) is 1. The number of nitrogens with zero attached hydrogens (tertiary/aromatic N) is 3. The van der Waals surface area contributed by atoms with Crippen LogP contribution in [0.1, 0.15) is 23.6 Å². The zero-order chi connectivity index (χ0) is 15.4. The van der Waals surface area contributed by atoms with Crippen LogP contribution < -0.4 is 5.32 Å². The highest BCUT2D eigenvalue weighted by Gasteiger charge is 2.27. The van der Waals surface area contributed by atoms with Gasteiger partial charge in [-0.15, -0.1) is 0 Å². The molecule has 1 aromatic rings. The van der Waals surface area contributed by atoms with Crippen molar-refractivity contribution in [3.63, 3.8) is 0 Å². The van der Waals surface area contributed by atoms with Gasteiger partial charge in [-0.05, 0) is 26.8 Å². The second kappa shape index (κ2) is 7.04. The first-order valence-corrected chi connectivity index (χ1v) is 7.50. The Bertz CT molecular complexity index is 498. The van der Waals surface area contributed by atoms with Gasteiger partial charge in [0.1, 0.15) is 5.82 Å². The van der Waals surface area contributed by atoms with Crippen LogP contribution in [0.4, 0.5) is 0 Å². The molecule has 0 unspecified atom stereocenters.